The molecule has 1 unspecified atom stereocenters. The average Bonchev–Trinajstić information content (AvgIpc) is 2.84. The van der Waals surface area contributed by atoms with E-state index < -0.39 is 12.0 Å². The third-order valence-electron chi connectivity index (χ3n) is 5.93. The normalized spacial score (nSPS) is 17.8. The number of hydrogen-bond donors (Lipinski definition) is 5. The lowest BCUT2D eigenvalue weighted by Crippen LogP contribution is -2.49. The van der Waals surface area contributed by atoms with Crippen LogP contribution in [0.2, 0.25) is 15.1 Å². The summed E-state index contributed by atoms with van der Waals surface area (Å²) in [5.41, 5.74) is 9.07. The van der Waals surface area contributed by atoms with Gasteiger partial charge in [-0.25, -0.2) is 9.97 Å². The van der Waals surface area contributed by atoms with Crippen molar-refractivity contribution >= 4 is 52.4 Å². The smallest absolute Gasteiger partial charge is 0.320 e. The van der Waals surface area contributed by atoms with E-state index in [1.165, 1.54) is 0 Å². The summed E-state index contributed by atoms with van der Waals surface area (Å²) in [7, 11) is 0. The van der Waals surface area contributed by atoms with E-state index in [1.54, 1.807) is 24.4 Å². The first-order chi connectivity index (χ1) is 16.8. The Morgan fingerprint density at radius 1 is 1.14 bits per heavy atom. The fourth-order valence-corrected chi connectivity index (χ4v) is 4.71. The molecular formula is C24H25Cl3N6O2. The highest BCUT2D eigenvalue weighted by Gasteiger charge is 2.26. The Bertz CT molecular complexity index is 1210. The monoisotopic (exact) mass is 534 g/mol. The van der Waals surface area contributed by atoms with Crippen molar-refractivity contribution in [2.24, 2.45) is 0 Å². The van der Waals surface area contributed by atoms with Crippen molar-refractivity contribution in [3.63, 3.8) is 0 Å². The van der Waals surface area contributed by atoms with Gasteiger partial charge >= 0.3 is 5.97 Å². The summed E-state index contributed by atoms with van der Waals surface area (Å²) in [5.74, 6) is -0.156. The Balaban J connectivity index is 1.44. The Morgan fingerprint density at radius 3 is 2.63 bits per heavy atom. The molecule has 1 saturated heterocycles. The minimum atomic E-state index is -0.827. The van der Waals surface area contributed by atoms with Crippen LogP contribution in [0.3, 0.4) is 0 Å². The molecule has 3 aromatic rings. The number of benzene rings is 2. The molecule has 6 N–H and O–H groups in total. The molecule has 0 bridgehead atoms. The first-order valence-electron chi connectivity index (χ1n) is 11.1. The number of anilines is 2. The lowest BCUT2D eigenvalue weighted by molar-refractivity contribution is -0.140. The number of aromatic nitrogens is 2. The largest absolute Gasteiger partial charge is 0.480 e. The zero-order valence-corrected chi connectivity index (χ0v) is 21.0. The third-order valence-corrected chi connectivity index (χ3v) is 6.99. The summed E-state index contributed by atoms with van der Waals surface area (Å²) in [4.78, 5) is 20.1. The van der Waals surface area contributed by atoms with Gasteiger partial charge in [-0.3, -0.25) is 4.79 Å². The zero-order chi connectivity index (χ0) is 24.9. The number of carboxylic acid groups (broad SMARTS) is 1. The Labute approximate surface area is 218 Å². The predicted molar refractivity (Wildman–Crippen MR) is 140 cm³/mol. The van der Waals surface area contributed by atoms with Crippen molar-refractivity contribution in [2.75, 3.05) is 17.6 Å². The van der Waals surface area contributed by atoms with Gasteiger partial charge in [-0.2, -0.15) is 0 Å². The van der Waals surface area contributed by atoms with Crippen molar-refractivity contribution in [2.45, 2.75) is 38.0 Å². The molecule has 8 nitrogen and oxygen atoms in total. The number of nitrogens with zero attached hydrogens (tertiary/aromatic N) is 2. The predicted octanol–water partition coefficient (Wildman–Crippen LogP) is 4.59. The third kappa shape index (κ3) is 6.34. The second-order valence-corrected chi connectivity index (χ2v) is 9.52. The van der Waals surface area contributed by atoms with Crippen LogP contribution in [0.1, 0.15) is 24.0 Å². The fraction of sp³-hybridized carbons (Fsp3) is 0.292. The summed E-state index contributed by atoms with van der Waals surface area (Å²) < 4.78 is 0. The maximum absolute atomic E-state index is 11.2. The molecule has 2 aromatic carbocycles. The van der Waals surface area contributed by atoms with Gasteiger partial charge < -0.3 is 26.8 Å². The van der Waals surface area contributed by atoms with Crippen LogP contribution < -0.4 is 21.7 Å². The van der Waals surface area contributed by atoms with Crippen LogP contribution in [0.5, 0.6) is 0 Å². The van der Waals surface area contributed by atoms with Gasteiger partial charge in [0.15, 0.2) is 11.6 Å². The van der Waals surface area contributed by atoms with Crippen LogP contribution in [0.25, 0.3) is 11.3 Å². The number of nitrogen functional groups attached to an aromatic ring is 1. The molecule has 11 heteroatoms. The Morgan fingerprint density at radius 2 is 1.91 bits per heavy atom. The minimum absolute atomic E-state index is 0.108. The van der Waals surface area contributed by atoms with Crippen molar-refractivity contribution < 1.29 is 9.90 Å². The lowest BCUT2D eigenvalue weighted by Gasteiger charge is -2.28. The number of aliphatic carboxylic acids is 1. The highest BCUT2D eigenvalue weighted by atomic mass is 35.5. The molecule has 0 amide bonds. The van der Waals surface area contributed by atoms with E-state index in [0.717, 1.165) is 23.1 Å². The number of nitrogens with one attached hydrogen (secondary N) is 3. The van der Waals surface area contributed by atoms with E-state index >= 15 is 0 Å². The highest BCUT2D eigenvalue weighted by Crippen LogP contribution is 2.28. The zero-order valence-electron chi connectivity index (χ0n) is 18.7. The standard InChI is InChI=1S/C24H25Cl3N6O2/c25-17-2-1-3-18(26)16(17)11-32-23-22(28)31-12-21(33-23)13-4-5-14(19(27)8-13)10-30-15-6-7-29-20(9-15)24(34)35/h1-5,8,12,15,20,29-30H,6-7,9-11H2,(H2,28,31)(H,32,33)(H,34,35)/t15?,20-/m1/s1. The number of halogens is 3. The van der Waals surface area contributed by atoms with Crippen molar-refractivity contribution in [1.82, 2.24) is 20.6 Å². The second kappa shape index (κ2) is 11.4. The van der Waals surface area contributed by atoms with Gasteiger partial charge in [0.25, 0.3) is 0 Å². The van der Waals surface area contributed by atoms with Gasteiger partial charge in [-0.1, -0.05) is 53.0 Å². The van der Waals surface area contributed by atoms with E-state index in [1.807, 2.05) is 18.2 Å². The number of hydrogen-bond acceptors (Lipinski definition) is 7. The molecule has 0 spiro atoms. The van der Waals surface area contributed by atoms with E-state index in [9.17, 15) is 9.90 Å². The number of carbonyl (C=O) groups is 1. The topological polar surface area (TPSA) is 125 Å². The van der Waals surface area contributed by atoms with Crippen LogP contribution in [-0.2, 0) is 17.9 Å². The van der Waals surface area contributed by atoms with Gasteiger partial charge in [0.2, 0.25) is 0 Å². The molecule has 0 aliphatic carbocycles. The summed E-state index contributed by atoms with van der Waals surface area (Å²) >= 11 is 19.1. The fourth-order valence-electron chi connectivity index (χ4n) is 3.94. The molecular weight excluding hydrogens is 511 g/mol. The number of nitrogens with two attached hydrogens (primary N) is 1. The molecule has 35 heavy (non-hydrogen) atoms. The maximum Gasteiger partial charge on any atom is 0.320 e. The average molecular weight is 536 g/mol. The molecule has 0 radical (unpaired) electrons. The van der Waals surface area contributed by atoms with Crippen molar-refractivity contribution in [3.05, 3.63) is 68.8 Å². The van der Waals surface area contributed by atoms with E-state index in [4.69, 9.17) is 40.5 Å². The van der Waals surface area contributed by atoms with E-state index in [2.05, 4.69) is 25.9 Å². The maximum atomic E-state index is 11.2. The Kier molecular flexibility index (Phi) is 8.30. The van der Waals surface area contributed by atoms with Gasteiger partial charge in [-0.05, 0) is 43.1 Å². The number of piperidine rings is 1. The quantitative estimate of drug-likeness (QED) is 0.284. The first-order valence-corrected chi connectivity index (χ1v) is 12.2. The Hall–Kier alpha value is -2.62. The molecule has 0 saturated carbocycles. The lowest BCUT2D eigenvalue weighted by atomic mass is 9.99. The van der Waals surface area contributed by atoms with E-state index in [0.29, 0.717) is 52.6 Å². The van der Waals surface area contributed by atoms with E-state index in [-0.39, 0.29) is 11.9 Å². The molecule has 184 valence electrons. The van der Waals surface area contributed by atoms with Gasteiger partial charge in [-0.15, -0.1) is 0 Å². The summed E-state index contributed by atoms with van der Waals surface area (Å²) in [5, 5.41) is 20.5. The van der Waals surface area contributed by atoms with Crippen LogP contribution in [0, 0.1) is 0 Å². The van der Waals surface area contributed by atoms with Crippen molar-refractivity contribution in [3.8, 4) is 11.3 Å². The minimum Gasteiger partial charge on any atom is -0.480 e. The highest BCUT2D eigenvalue weighted by molar-refractivity contribution is 6.36. The van der Waals surface area contributed by atoms with Crippen LogP contribution in [-0.4, -0.2) is 39.7 Å². The molecule has 2 atom stereocenters. The summed E-state index contributed by atoms with van der Waals surface area (Å²) in [6, 6.07) is 10.6. The number of carboxylic acids is 1. The SMILES string of the molecule is Nc1ncc(-c2ccc(CNC3CCN[C@@H](C(=O)O)C3)c(Cl)c2)nc1NCc1c(Cl)cccc1Cl. The molecule has 1 aliphatic heterocycles. The molecule has 4 rings (SSSR count). The van der Waals surface area contributed by atoms with Crippen LogP contribution >= 0.6 is 34.8 Å². The number of rotatable bonds is 8. The van der Waals surface area contributed by atoms with Gasteiger partial charge in [0.05, 0.1) is 11.9 Å². The molecule has 1 aliphatic rings. The molecule has 1 fully saturated rings. The summed E-state index contributed by atoms with van der Waals surface area (Å²) in [6.45, 7) is 1.54. The molecule has 1 aromatic heterocycles. The molecule has 2 heterocycles. The van der Waals surface area contributed by atoms with Crippen LogP contribution in [0.15, 0.2) is 42.6 Å². The van der Waals surface area contributed by atoms with Crippen molar-refractivity contribution in [1.29, 1.82) is 0 Å². The first kappa shape index (κ1) is 25.5. The second-order valence-electron chi connectivity index (χ2n) is 8.30. The van der Waals surface area contributed by atoms with Gasteiger partial charge in [0, 0.05) is 45.3 Å². The summed E-state index contributed by atoms with van der Waals surface area (Å²) in [6.07, 6.45) is 2.98. The van der Waals surface area contributed by atoms with Gasteiger partial charge in [0.1, 0.15) is 6.04 Å². The van der Waals surface area contributed by atoms with Crippen LogP contribution in [0.4, 0.5) is 11.6 Å².